The van der Waals surface area contributed by atoms with Gasteiger partial charge in [0.1, 0.15) is 5.56 Å². The molecule has 2 N–H and O–H groups in total. The molecule has 0 bridgehead atoms. The fourth-order valence-corrected chi connectivity index (χ4v) is 2.38. The molecule has 0 saturated heterocycles. The first-order valence-electron chi connectivity index (χ1n) is 7.79. The van der Waals surface area contributed by atoms with Crippen molar-refractivity contribution in [3.8, 4) is 11.3 Å². The summed E-state index contributed by atoms with van der Waals surface area (Å²) in [6.07, 6.45) is -1.40. The predicted molar refractivity (Wildman–Crippen MR) is 90.7 cm³/mol. The zero-order valence-electron chi connectivity index (χ0n) is 13.7. The van der Waals surface area contributed by atoms with E-state index in [2.05, 4.69) is 20.5 Å². The van der Waals surface area contributed by atoms with Gasteiger partial charge in [0.2, 0.25) is 0 Å². The summed E-state index contributed by atoms with van der Waals surface area (Å²) in [6.45, 7) is -0.158. The summed E-state index contributed by atoms with van der Waals surface area (Å²) in [5.41, 5.74) is -0.429. The van der Waals surface area contributed by atoms with Crippen LogP contribution in [0.1, 0.15) is 21.5 Å². The van der Waals surface area contributed by atoms with Crippen molar-refractivity contribution < 1.29 is 18.0 Å². The largest absolute Gasteiger partial charge is 0.416 e. The lowest BCUT2D eigenvalue weighted by atomic mass is 10.1. The molecular formula is C18H13F3N4O2. The average Bonchev–Trinajstić information content (AvgIpc) is 2.67. The summed E-state index contributed by atoms with van der Waals surface area (Å²) in [4.78, 5) is 28.1. The predicted octanol–water partition coefficient (Wildman–Crippen LogP) is 2.78. The second-order valence-electron chi connectivity index (χ2n) is 5.61. The molecule has 138 valence electrons. The molecule has 0 unspecified atom stereocenters. The Hall–Kier alpha value is -3.49. The van der Waals surface area contributed by atoms with Crippen molar-refractivity contribution in [1.82, 2.24) is 20.5 Å². The molecule has 3 rings (SSSR count). The van der Waals surface area contributed by atoms with Gasteiger partial charge in [-0.3, -0.25) is 14.6 Å². The van der Waals surface area contributed by atoms with Gasteiger partial charge in [-0.15, -0.1) is 0 Å². The van der Waals surface area contributed by atoms with E-state index >= 15 is 0 Å². The molecule has 0 atom stereocenters. The smallest absolute Gasteiger partial charge is 0.348 e. The second kappa shape index (κ2) is 7.40. The Morgan fingerprint density at radius 3 is 2.56 bits per heavy atom. The van der Waals surface area contributed by atoms with E-state index in [9.17, 15) is 22.8 Å². The fourth-order valence-electron chi connectivity index (χ4n) is 2.38. The molecule has 0 aliphatic rings. The third-order valence-corrected chi connectivity index (χ3v) is 3.73. The van der Waals surface area contributed by atoms with Crippen LogP contribution in [0.4, 0.5) is 13.2 Å². The highest BCUT2D eigenvalue weighted by Gasteiger charge is 2.30. The van der Waals surface area contributed by atoms with Crippen LogP contribution in [0.2, 0.25) is 0 Å². The van der Waals surface area contributed by atoms with Crippen LogP contribution < -0.4 is 10.9 Å². The highest BCUT2D eigenvalue weighted by molar-refractivity contribution is 5.94. The molecule has 0 saturated carbocycles. The second-order valence-corrected chi connectivity index (χ2v) is 5.61. The third kappa shape index (κ3) is 4.38. The van der Waals surface area contributed by atoms with Crippen LogP contribution in [0.25, 0.3) is 11.3 Å². The van der Waals surface area contributed by atoms with E-state index in [1.807, 2.05) is 0 Å². The van der Waals surface area contributed by atoms with Gasteiger partial charge in [0.05, 0.1) is 11.3 Å². The molecule has 9 heteroatoms. The number of carbonyl (C=O) groups excluding carboxylic acids is 1. The molecular weight excluding hydrogens is 361 g/mol. The number of hydrogen-bond donors (Lipinski definition) is 2. The summed E-state index contributed by atoms with van der Waals surface area (Å²) in [5, 5.41) is 8.56. The number of benzene rings is 1. The van der Waals surface area contributed by atoms with E-state index in [0.717, 1.165) is 12.1 Å². The molecule has 0 aliphatic carbocycles. The molecule has 2 heterocycles. The molecule has 0 spiro atoms. The SMILES string of the molecule is O=C(NCc1cccc(C(F)(F)F)c1)c1cc(-c2ccncc2)n[nH]c1=O. The van der Waals surface area contributed by atoms with Gasteiger partial charge >= 0.3 is 6.18 Å². The van der Waals surface area contributed by atoms with Crippen LogP contribution in [-0.4, -0.2) is 21.1 Å². The standard InChI is InChI=1S/C18H13F3N4O2/c19-18(20,21)13-3-1-2-11(8-13)10-23-16(26)14-9-15(24-25-17(14)27)12-4-6-22-7-5-12/h1-9H,10H2,(H,23,26)(H,25,27). The Labute approximate surface area is 151 Å². The number of H-pyrrole nitrogens is 1. The number of pyridine rings is 1. The Morgan fingerprint density at radius 2 is 1.85 bits per heavy atom. The minimum atomic E-state index is -4.47. The molecule has 1 aromatic carbocycles. The minimum absolute atomic E-state index is 0.158. The van der Waals surface area contributed by atoms with Gasteiger partial charge in [0.15, 0.2) is 0 Å². The van der Waals surface area contributed by atoms with E-state index in [-0.39, 0.29) is 17.7 Å². The molecule has 0 fully saturated rings. The van der Waals surface area contributed by atoms with Gasteiger partial charge < -0.3 is 5.32 Å². The number of nitrogens with one attached hydrogen (secondary N) is 2. The van der Waals surface area contributed by atoms with Crippen molar-refractivity contribution in [3.63, 3.8) is 0 Å². The first kappa shape index (κ1) is 18.3. The van der Waals surface area contributed by atoms with Crippen LogP contribution in [0, 0.1) is 0 Å². The van der Waals surface area contributed by atoms with Crippen molar-refractivity contribution in [1.29, 1.82) is 0 Å². The highest BCUT2D eigenvalue weighted by Crippen LogP contribution is 2.29. The number of aromatic nitrogens is 3. The summed E-state index contributed by atoms with van der Waals surface area (Å²) < 4.78 is 38.2. The Kier molecular flexibility index (Phi) is 5.02. The van der Waals surface area contributed by atoms with Gasteiger partial charge in [-0.2, -0.15) is 18.3 Å². The molecule has 27 heavy (non-hydrogen) atoms. The lowest BCUT2D eigenvalue weighted by molar-refractivity contribution is -0.137. The van der Waals surface area contributed by atoms with Crippen LogP contribution >= 0.6 is 0 Å². The number of halogens is 3. The van der Waals surface area contributed by atoms with Crippen molar-refractivity contribution >= 4 is 5.91 Å². The molecule has 6 nitrogen and oxygen atoms in total. The number of hydrogen-bond acceptors (Lipinski definition) is 4. The fraction of sp³-hybridized carbons (Fsp3) is 0.111. The number of rotatable bonds is 4. The van der Waals surface area contributed by atoms with Crippen LogP contribution in [0.5, 0.6) is 0 Å². The van der Waals surface area contributed by atoms with Gasteiger partial charge in [0, 0.05) is 24.5 Å². The number of aromatic amines is 1. The number of amides is 1. The average molecular weight is 374 g/mol. The number of nitrogens with zero attached hydrogens (tertiary/aromatic N) is 2. The lowest BCUT2D eigenvalue weighted by Crippen LogP contribution is -2.29. The van der Waals surface area contributed by atoms with Gasteiger partial charge in [-0.1, -0.05) is 12.1 Å². The first-order valence-corrected chi connectivity index (χ1v) is 7.79. The zero-order chi connectivity index (χ0) is 19.4. The minimum Gasteiger partial charge on any atom is -0.348 e. The van der Waals surface area contributed by atoms with Gasteiger partial charge in [-0.25, -0.2) is 5.10 Å². The van der Waals surface area contributed by atoms with E-state index in [0.29, 0.717) is 11.3 Å². The molecule has 1 amide bonds. The van der Waals surface area contributed by atoms with Crippen LogP contribution in [-0.2, 0) is 12.7 Å². The van der Waals surface area contributed by atoms with E-state index in [1.54, 1.807) is 12.1 Å². The molecule has 0 aliphatic heterocycles. The quantitative estimate of drug-likeness (QED) is 0.735. The topological polar surface area (TPSA) is 87.7 Å². The Balaban J connectivity index is 1.78. The van der Waals surface area contributed by atoms with Crippen molar-refractivity contribution in [2.75, 3.05) is 0 Å². The maximum atomic E-state index is 12.7. The normalized spacial score (nSPS) is 11.2. The lowest BCUT2D eigenvalue weighted by Gasteiger charge is -2.10. The summed E-state index contributed by atoms with van der Waals surface area (Å²) in [6, 6.07) is 9.23. The summed E-state index contributed by atoms with van der Waals surface area (Å²) >= 11 is 0. The van der Waals surface area contributed by atoms with Gasteiger partial charge in [0.25, 0.3) is 11.5 Å². The van der Waals surface area contributed by atoms with E-state index in [4.69, 9.17) is 0 Å². The summed E-state index contributed by atoms with van der Waals surface area (Å²) in [5.74, 6) is -0.716. The first-order chi connectivity index (χ1) is 12.8. The van der Waals surface area contributed by atoms with Crippen LogP contribution in [0.15, 0.2) is 59.7 Å². The number of carbonyl (C=O) groups is 1. The van der Waals surface area contributed by atoms with Crippen LogP contribution in [0.3, 0.4) is 0 Å². The van der Waals surface area contributed by atoms with Crippen molar-refractivity contribution in [2.24, 2.45) is 0 Å². The van der Waals surface area contributed by atoms with Crippen molar-refractivity contribution in [2.45, 2.75) is 12.7 Å². The summed E-state index contributed by atoms with van der Waals surface area (Å²) in [7, 11) is 0. The maximum Gasteiger partial charge on any atom is 0.416 e. The number of alkyl halides is 3. The zero-order valence-corrected chi connectivity index (χ0v) is 13.7. The van der Waals surface area contributed by atoms with Gasteiger partial charge in [-0.05, 0) is 35.9 Å². The molecule has 0 radical (unpaired) electrons. The highest BCUT2D eigenvalue weighted by atomic mass is 19.4. The Bertz CT molecular complexity index is 1020. The van der Waals surface area contributed by atoms with E-state index < -0.39 is 23.2 Å². The van der Waals surface area contributed by atoms with Crippen molar-refractivity contribution in [3.05, 3.63) is 81.9 Å². The third-order valence-electron chi connectivity index (χ3n) is 3.73. The molecule has 2 aromatic heterocycles. The maximum absolute atomic E-state index is 12.7. The monoisotopic (exact) mass is 374 g/mol. The van der Waals surface area contributed by atoms with E-state index in [1.165, 1.54) is 30.6 Å². The molecule has 3 aromatic rings. The Morgan fingerprint density at radius 1 is 1.11 bits per heavy atom.